The summed E-state index contributed by atoms with van der Waals surface area (Å²) in [5, 5.41) is 8.86. The van der Waals surface area contributed by atoms with E-state index in [0.29, 0.717) is 6.54 Å². The molecule has 3 N–H and O–H groups in total. The lowest BCUT2D eigenvalue weighted by Gasteiger charge is -2.60. The zero-order valence-electron chi connectivity index (χ0n) is 10.3. The summed E-state index contributed by atoms with van der Waals surface area (Å²) in [7, 11) is 0. The lowest BCUT2D eigenvalue weighted by atomic mass is 9.45. The molecule has 3 nitrogen and oxygen atoms in total. The van der Waals surface area contributed by atoms with Crippen molar-refractivity contribution in [1.82, 2.24) is 0 Å². The summed E-state index contributed by atoms with van der Waals surface area (Å²) in [5.41, 5.74) is 6.04. The highest BCUT2D eigenvalue weighted by Gasteiger charge is 2.56. The van der Waals surface area contributed by atoms with Crippen LogP contribution in [0.4, 0.5) is 0 Å². The summed E-state index contributed by atoms with van der Waals surface area (Å²) in [4.78, 5) is 10.8. The molecule has 1 fully saturated rings. The fourth-order valence-electron chi connectivity index (χ4n) is 2.80. The van der Waals surface area contributed by atoms with Crippen molar-refractivity contribution in [3.63, 3.8) is 0 Å². The van der Waals surface area contributed by atoms with Crippen molar-refractivity contribution in [3.05, 3.63) is 0 Å². The second kappa shape index (κ2) is 3.48. The van der Waals surface area contributed by atoms with Crippen LogP contribution >= 0.6 is 0 Å². The number of aliphatic carboxylic acids is 1. The molecule has 0 aliphatic heterocycles. The first-order chi connectivity index (χ1) is 6.64. The zero-order valence-corrected chi connectivity index (χ0v) is 10.3. The van der Waals surface area contributed by atoms with Gasteiger partial charge >= 0.3 is 5.97 Å². The fraction of sp³-hybridized carbons (Fsp3) is 0.917. The summed E-state index contributed by atoms with van der Waals surface area (Å²) in [6.45, 7) is 9.38. The Balaban J connectivity index is 2.70. The Kier molecular flexibility index (Phi) is 2.90. The normalized spacial score (nSPS) is 36.1. The molecular formula is C12H23NO2. The molecule has 0 unspecified atom stereocenters. The van der Waals surface area contributed by atoms with E-state index in [1.165, 1.54) is 0 Å². The highest BCUT2D eigenvalue weighted by Crippen LogP contribution is 2.63. The van der Waals surface area contributed by atoms with E-state index >= 15 is 0 Å². The summed E-state index contributed by atoms with van der Waals surface area (Å²) in [6, 6.07) is 0. The summed E-state index contributed by atoms with van der Waals surface area (Å²) >= 11 is 0. The van der Waals surface area contributed by atoms with Crippen LogP contribution < -0.4 is 5.73 Å². The topological polar surface area (TPSA) is 63.3 Å². The maximum atomic E-state index is 10.8. The van der Waals surface area contributed by atoms with E-state index in [1.807, 2.05) is 0 Å². The predicted molar refractivity (Wildman–Crippen MR) is 60.5 cm³/mol. The van der Waals surface area contributed by atoms with Crippen molar-refractivity contribution < 1.29 is 9.90 Å². The number of hydrogen-bond donors (Lipinski definition) is 2. The molecule has 0 amide bonds. The van der Waals surface area contributed by atoms with Gasteiger partial charge in [0, 0.05) is 0 Å². The van der Waals surface area contributed by atoms with Gasteiger partial charge in [-0.3, -0.25) is 4.79 Å². The standard InChI is InChI=1S/C12H23NO2/c1-10(2,3)11(4)6-12(7-11,8-13)5-9(14)15/h5-8,13H2,1-4H3,(H,14,15). The molecule has 0 atom stereocenters. The minimum atomic E-state index is -0.726. The molecule has 0 radical (unpaired) electrons. The van der Waals surface area contributed by atoms with Gasteiger partial charge in [0.25, 0.3) is 0 Å². The molecule has 1 aliphatic carbocycles. The summed E-state index contributed by atoms with van der Waals surface area (Å²) in [6.07, 6.45) is 2.09. The van der Waals surface area contributed by atoms with Crippen LogP contribution in [0.15, 0.2) is 0 Å². The van der Waals surface area contributed by atoms with Crippen molar-refractivity contribution in [2.45, 2.75) is 47.0 Å². The van der Waals surface area contributed by atoms with Crippen LogP contribution in [0.25, 0.3) is 0 Å². The maximum absolute atomic E-state index is 10.8. The van der Waals surface area contributed by atoms with E-state index in [9.17, 15) is 4.79 Å². The number of carboxylic acid groups (broad SMARTS) is 1. The smallest absolute Gasteiger partial charge is 0.303 e. The van der Waals surface area contributed by atoms with Crippen molar-refractivity contribution in [1.29, 1.82) is 0 Å². The summed E-state index contributed by atoms with van der Waals surface area (Å²) < 4.78 is 0. The molecule has 0 saturated heterocycles. The molecule has 3 heteroatoms. The van der Waals surface area contributed by atoms with Crippen molar-refractivity contribution >= 4 is 5.97 Å². The van der Waals surface area contributed by atoms with Crippen molar-refractivity contribution in [2.24, 2.45) is 22.0 Å². The molecule has 0 heterocycles. The minimum absolute atomic E-state index is 0.145. The first-order valence-electron chi connectivity index (χ1n) is 5.56. The maximum Gasteiger partial charge on any atom is 0.303 e. The highest BCUT2D eigenvalue weighted by molar-refractivity contribution is 5.68. The van der Waals surface area contributed by atoms with E-state index in [4.69, 9.17) is 10.8 Å². The third-order valence-corrected chi connectivity index (χ3v) is 4.30. The van der Waals surface area contributed by atoms with Crippen LogP contribution in [0.1, 0.15) is 47.0 Å². The molecular weight excluding hydrogens is 190 g/mol. The van der Waals surface area contributed by atoms with Crippen molar-refractivity contribution in [2.75, 3.05) is 6.54 Å². The Morgan fingerprint density at radius 1 is 1.40 bits per heavy atom. The van der Waals surface area contributed by atoms with Crippen LogP contribution in [-0.2, 0) is 4.79 Å². The van der Waals surface area contributed by atoms with Gasteiger partial charge in [-0.2, -0.15) is 0 Å². The SMILES string of the molecule is CC(C)(C)C1(C)CC(CN)(CC(=O)O)C1. The fourth-order valence-corrected chi connectivity index (χ4v) is 2.80. The van der Waals surface area contributed by atoms with Gasteiger partial charge in [-0.15, -0.1) is 0 Å². The van der Waals surface area contributed by atoms with Gasteiger partial charge in [0.15, 0.2) is 0 Å². The third kappa shape index (κ3) is 2.17. The van der Waals surface area contributed by atoms with E-state index in [2.05, 4.69) is 27.7 Å². The molecule has 1 saturated carbocycles. The molecule has 0 aromatic carbocycles. The Morgan fingerprint density at radius 2 is 1.87 bits per heavy atom. The average molecular weight is 213 g/mol. The molecule has 0 aromatic heterocycles. The van der Waals surface area contributed by atoms with Crippen molar-refractivity contribution in [3.8, 4) is 0 Å². The Bertz CT molecular complexity index is 259. The Morgan fingerprint density at radius 3 is 2.13 bits per heavy atom. The average Bonchev–Trinajstić information content (AvgIpc) is 1.97. The number of hydrogen-bond acceptors (Lipinski definition) is 2. The first kappa shape index (κ1) is 12.5. The van der Waals surface area contributed by atoms with Gasteiger partial charge in [0.05, 0.1) is 6.42 Å². The van der Waals surface area contributed by atoms with Gasteiger partial charge in [-0.05, 0) is 35.6 Å². The third-order valence-electron chi connectivity index (χ3n) is 4.30. The van der Waals surface area contributed by atoms with Crippen LogP contribution in [0.5, 0.6) is 0 Å². The molecule has 0 bridgehead atoms. The number of nitrogens with two attached hydrogens (primary N) is 1. The molecule has 88 valence electrons. The number of carboxylic acids is 1. The zero-order chi connectivity index (χ0) is 11.9. The Labute approximate surface area is 92.0 Å². The second-order valence-electron chi connectivity index (χ2n) is 6.44. The molecule has 0 spiro atoms. The number of rotatable bonds is 3. The van der Waals surface area contributed by atoms with E-state index in [1.54, 1.807) is 0 Å². The van der Waals surface area contributed by atoms with E-state index in [-0.39, 0.29) is 22.7 Å². The molecule has 15 heavy (non-hydrogen) atoms. The summed E-state index contributed by atoms with van der Waals surface area (Å²) in [5.74, 6) is -0.726. The quantitative estimate of drug-likeness (QED) is 0.755. The van der Waals surface area contributed by atoms with Crippen LogP contribution in [0.2, 0.25) is 0 Å². The second-order valence-corrected chi connectivity index (χ2v) is 6.44. The van der Waals surface area contributed by atoms with Gasteiger partial charge in [0.2, 0.25) is 0 Å². The van der Waals surface area contributed by atoms with Gasteiger partial charge in [-0.1, -0.05) is 27.7 Å². The van der Waals surface area contributed by atoms with Crippen LogP contribution in [0, 0.1) is 16.2 Å². The molecule has 1 rings (SSSR count). The molecule has 1 aliphatic rings. The van der Waals surface area contributed by atoms with E-state index in [0.717, 1.165) is 12.8 Å². The predicted octanol–water partition coefficient (Wildman–Crippen LogP) is 2.25. The highest BCUT2D eigenvalue weighted by atomic mass is 16.4. The van der Waals surface area contributed by atoms with Gasteiger partial charge < -0.3 is 10.8 Å². The lowest BCUT2D eigenvalue weighted by Crippen LogP contribution is -2.55. The minimum Gasteiger partial charge on any atom is -0.481 e. The Hall–Kier alpha value is -0.570. The van der Waals surface area contributed by atoms with Crippen LogP contribution in [0.3, 0.4) is 0 Å². The number of carbonyl (C=O) groups is 1. The van der Waals surface area contributed by atoms with Gasteiger partial charge in [0.1, 0.15) is 0 Å². The molecule has 0 aromatic rings. The lowest BCUT2D eigenvalue weighted by molar-refractivity contribution is -0.150. The monoisotopic (exact) mass is 213 g/mol. The van der Waals surface area contributed by atoms with E-state index < -0.39 is 5.97 Å². The first-order valence-corrected chi connectivity index (χ1v) is 5.56. The van der Waals surface area contributed by atoms with Gasteiger partial charge in [-0.25, -0.2) is 0 Å². The van der Waals surface area contributed by atoms with Crippen LogP contribution in [-0.4, -0.2) is 17.6 Å². The largest absolute Gasteiger partial charge is 0.481 e.